The van der Waals surface area contributed by atoms with Crippen LogP contribution in [0.25, 0.3) is 10.8 Å². The van der Waals surface area contributed by atoms with Crippen molar-refractivity contribution in [1.82, 2.24) is 0 Å². The molecule has 0 nitrogen and oxygen atoms in total. The van der Waals surface area contributed by atoms with Gasteiger partial charge < -0.3 is 0 Å². The van der Waals surface area contributed by atoms with Crippen molar-refractivity contribution in [2.45, 2.75) is 57.8 Å². The van der Waals surface area contributed by atoms with Gasteiger partial charge in [0.2, 0.25) is 0 Å². The van der Waals surface area contributed by atoms with E-state index in [1.807, 2.05) is 12.1 Å². The Bertz CT molecular complexity index is 1130. The van der Waals surface area contributed by atoms with Gasteiger partial charge in [-0.1, -0.05) is 73.9 Å². The Morgan fingerprint density at radius 2 is 1.74 bits per heavy atom. The van der Waals surface area contributed by atoms with Gasteiger partial charge in [0.25, 0.3) is 0 Å². The minimum Gasteiger partial charge on any atom is -0.205 e. The number of hydrogen-bond acceptors (Lipinski definition) is 0. The molecule has 0 saturated heterocycles. The van der Waals surface area contributed by atoms with Gasteiger partial charge in [0.1, 0.15) is 11.6 Å². The second kappa shape index (κ2) is 9.84. The van der Waals surface area contributed by atoms with E-state index in [1.54, 1.807) is 12.1 Å². The van der Waals surface area contributed by atoms with Crippen LogP contribution in [0.2, 0.25) is 5.02 Å². The van der Waals surface area contributed by atoms with Gasteiger partial charge in [0.05, 0.1) is 10.6 Å². The van der Waals surface area contributed by atoms with Crippen molar-refractivity contribution >= 4 is 22.4 Å². The van der Waals surface area contributed by atoms with E-state index >= 15 is 4.39 Å². The van der Waals surface area contributed by atoms with E-state index in [0.717, 1.165) is 11.3 Å². The Hall–Kier alpha value is -2.37. The number of halogens is 3. The van der Waals surface area contributed by atoms with Crippen molar-refractivity contribution in [2.24, 2.45) is 5.92 Å². The molecule has 3 aromatic rings. The van der Waals surface area contributed by atoms with Crippen LogP contribution in [0.5, 0.6) is 0 Å². The molecule has 1 aliphatic rings. The largest absolute Gasteiger partial charge is 0.205 e. The molecule has 0 bridgehead atoms. The summed E-state index contributed by atoms with van der Waals surface area (Å²) < 4.78 is 28.6. The number of fused-ring (bicyclic) bond motifs is 1. The summed E-state index contributed by atoms with van der Waals surface area (Å²) in [6.45, 7) is 2.26. The number of rotatable bonds is 4. The molecule has 0 amide bonds. The summed E-state index contributed by atoms with van der Waals surface area (Å²) in [5, 5.41) is 1.54. The summed E-state index contributed by atoms with van der Waals surface area (Å²) in [6, 6.07) is 14.1. The highest BCUT2D eigenvalue weighted by molar-refractivity contribution is 6.30. The fourth-order valence-corrected chi connectivity index (χ4v) is 4.77. The molecule has 0 atom stereocenters. The van der Waals surface area contributed by atoms with Gasteiger partial charge in [-0.15, -0.1) is 0 Å². The topological polar surface area (TPSA) is 0 Å². The predicted molar refractivity (Wildman–Crippen MR) is 126 cm³/mol. The van der Waals surface area contributed by atoms with Crippen LogP contribution in [-0.4, -0.2) is 0 Å². The molecule has 4 rings (SSSR count). The van der Waals surface area contributed by atoms with Gasteiger partial charge in [-0.3, -0.25) is 0 Å². The van der Waals surface area contributed by atoms with Crippen molar-refractivity contribution in [3.63, 3.8) is 0 Å². The lowest BCUT2D eigenvalue weighted by Gasteiger charge is -2.29. The molecular weight excluding hydrogens is 410 g/mol. The Morgan fingerprint density at radius 3 is 2.48 bits per heavy atom. The molecule has 1 aliphatic carbocycles. The molecular formula is C28H27ClF2. The van der Waals surface area contributed by atoms with E-state index in [1.165, 1.54) is 62.6 Å². The zero-order chi connectivity index (χ0) is 21.8. The molecule has 1 saturated carbocycles. The third kappa shape index (κ3) is 5.10. The quantitative estimate of drug-likeness (QED) is 0.359. The molecule has 0 aromatic heterocycles. The van der Waals surface area contributed by atoms with Gasteiger partial charge in [-0.05, 0) is 72.7 Å². The van der Waals surface area contributed by atoms with Crippen molar-refractivity contribution < 1.29 is 8.78 Å². The van der Waals surface area contributed by atoms with Crippen LogP contribution >= 0.6 is 11.6 Å². The number of hydrogen-bond donors (Lipinski definition) is 0. The molecule has 3 aromatic carbocycles. The minimum absolute atomic E-state index is 0.0488. The van der Waals surface area contributed by atoms with E-state index in [4.69, 9.17) is 11.6 Å². The molecule has 31 heavy (non-hydrogen) atoms. The van der Waals surface area contributed by atoms with Gasteiger partial charge in [-0.2, -0.15) is 0 Å². The fourth-order valence-electron chi connectivity index (χ4n) is 4.65. The maximum Gasteiger partial charge on any atom is 0.146 e. The first-order valence-electron chi connectivity index (χ1n) is 11.2. The summed E-state index contributed by atoms with van der Waals surface area (Å²) in [5.41, 5.74) is 2.09. The highest BCUT2D eigenvalue weighted by Crippen LogP contribution is 2.38. The Labute approximate surface area is 188 Å². The lowest BCUT2D eigenvalue weighted by molar-refractivity contribution is 0.304. The molecule has 3 heteroatoms. The van der Waals surface area contributed by atoms with Crippen molar-refractivity contribution in [2.75, 3.05) is 0 Å². The highest BCUT2D eigenvalue weighted by atomic mass is 35.5. The summed E-state index contributed by atoms with van der Waals surface area (Å²) in [4.78, 5) is 0. The Morgan fingerprint density at radius 1 is 0.935 bits per heavy atom. The lowest BCUT2D eigenvalue weighted by atomic mass is 9.77. The maximum atomic E-state index is 15.1. The average molecular weight is 437 g/mol. The highest BCUT2D eigenvalue weighted by Gasteiger charge is 2.22. The molecule has 160 valence electrons. The van der Waals surface area contributed by atoms with Crippen LogP contribution in [0.3, 0.4) is 0 Å². The lowest BCUT2D eigenvalue weighted by Crippen LogP contribution is -2.13. The smallest absolute Gasteiger partial charge is 0.146 e. The van der Waals surface area contributed by atoms with E-state index in [-0.39, 0.29) is 10.8 Å². The normalized spacial score (nSPS) is 18.6. The van der Waals surface area contributed by atoms with Crippen LogP contribution in [0.15, 0.2) is 48.5 Å². The molecule has 0 spiro atoms. The van der Waals surface area contributed by atoms with Crippen LogP contribution in [0.4, 0.5) is 8.78 Å². The molecule has 0 unspecified atom stereocenters. The third-order valence-corrected chi connectivity index (χ3v) is 6.83. The zero-order valence-corrected chi connectivity index (χ0v) is 18.6. The summed E-state index contributed by atoms with van der Waals surface area (Å²) in [6.07, 6.45) is 9.03. The molecule has 0 aliphatic heterocycles. The maximum absolute atomic E-state index is 15.1. The summed E-state index contributed by atoms with van der Waals surface area (Å²) in [5.74, 6) is 6.26. The van der Waals surface area contributed by atoms with Crippen LogP contribution in [0.1, 0.15) is 74.5 Å². The average Bonchev–Trinajstić information content (AvgIpc) is 2.79. The zero-order valence-electron chi connectivity index (χ0n) is 17.9. The number of unbranched alkanes of at least 4 members (excludes halogenated alkanes) is 1. The van der Waals surface area contributed by atoms with Crippen molar-refractivity contribution in [1.29, 1.82) is 0 Å². The van der Waals surface area contributed by atoms with E-state index in [0.29, 0.717) is 22.4 Å². The molecule has 0 heterocycles. The fraction of sp³-hybridized carbons (Fsp3) is 0.357. The first-order chi connectivity index (χ1) is 15.0. The third-order valence-electron chi connectivity index (χ3n) is 6.52. The first kappa shape index (κ1) is 21.8. The van der Waals surface area contributed by atoms with Crippen molar-refractivity contribution in [3.8, 4) is 11.8 Å². The monoisotopic (exact) mass is 436 g/mol. The molecule has 0 N–H and O–H groups in total. The Kier molecular flexibility index (Phi) is 6.93. The second-order valence-corrected chi connectivity index (χ2v) is 9.05. The standard InChI is InChI=1S/C28H27ClF2/c1-2-3-4-19-5-9-21(10-6-19)23-14-15-25-24(18-23)13-12-22(28(25)31)11-7-20-8-16-26(29)27(30)17-20/h8,12-19,21H,2-6,9-10H2,1H3. The minimum atomic E-state index is -0.528. The van der Waals surface area contributed by atoms with Gasteiger partial charge >= 0.3 is 0 Å². The molecule has 1 fully saturated rings. The Balaban J connectivity index is 1.52. The predicted octanol–water partition coefficient (Wildman–Crippen LogP) is 8.64. The van der Waals surface area contributed by atoms with Gasteiger partial charge in [0, 0.05) is 10.9 Å². The SMILES string of the molecule is CCCCC1CCC(c2ccc3c(F)c(C#Cc4ccc(Cl)c(F)c4)ccc3c2)CC1. The van der Waals surface area contributed by atoms with Gasteiger partial charge in [0.15, 0.2) is 0 Å². The van der Waals surface area contributed by atoms with E-state index in [2.05, 4.69) is 30.9 Å². The van der Waals surface area contributed by atoms with Crippen LogP contribution in [-0.2, 0) is 0 Å². The first-order valence-corrected chi connectivity index (χ1v) is 11.6. The van der Waals surface area contributed by atoms with E-state index < -0.39 is 5.82 Å². The van der Waals surface area contributed by atoms with Crippen LogP contribution < -0.4 is 0 Å². The second-order valence-electron chi connectivity index (χ2n) is 8.65. The summed E-state index contributed by atoms with van der Waals surface area (Å²) >= 11 is 5.70. The van der Waals surface area contributed by atoms with Gasteiger partial charge in [-0.25, -0.2) is 8.78 Å². The molecule has 0 radical (unpaired) electrons. The summed E-state index contributed by atoms with van der Waals surface area (Å²) in [7, 11) is 0. The van der Waals surface area contributed by atoms with Crippen molar-refractivity contribution in [3.05, 3.63) is 81.9 Å². The number of benzene rings is 3. The van der Waals surface area contributed by atoms with Crippen LogP contribution in [0, 0.1) is 29.4 Å². The van der Waals surface area contributed by atoms with E-state index in [9.17, 15) is 4.39 Å².